The minimum Gasteiger partial charge on any atom is -0.393 e. The summed E-state index contributed by atoms with van der Waals surface area (Å²) in [6.07, 6.45) is 4.70. The molecule has 1 heteroatoms. The van der Waals surface area contributed by atoms with Crippen molar-refractivity contribution >= 4 is 0 Å². The molecule has 0 spiro atoms. The summed E-state index contributed by atoms with van der Waals surface area (Å²) in [6, 6.07) is 0. The van der Waals surface area contributed by atoms with Crippen molar-refractivity contribution in [2.75, 3.05) is 0 Å². The van der Waals surface area contributed by atoms with Crippen LogP contribution in [-0.2, 0) is 0 Å². The van der Waals surface area contributed by atoms with Crippen LogP contribution in [0.5, 0.6) is 0 Å². The zero-order valence-electron chi connectivity index (χ0n) is 5.43. The van der Waals surface area contributed by atoms with Crippen LogP contribution >= 0.6 is 0 Å². The minimum atomic E-state index is -0.144. The van der Waals surface area contributed by atoms with Gasteiger partial charge in [0.1, 0.15) is 0 Å². The smallest absolute Gasteiger partial charge is 0.0512 e. The normalized spacial score (nSPS) is 13.2. The van der Waals surface area contributed by atoms with Crippen LogP contribution in [0.4, 0.5) is 0 Å². The Kier molecular flexibility index (Phi) is 4.67. The Bertz CT molecular complexity index is 57.4. The first-order valence-electron chi connectivity index (χ1n) is 3.06. The second-order valence-electron chi connectivity index (χ2n) is 2.07. The third-order valence-corrected chi connectivity index (χ3v) is 1.03. The quantitative estimate of drug-likeness (QED) is 0.436. The van der Waals surface area contributed by atoms with Gasteiger partial charge in [-0.1, -0.05) is 6.08 Å². The van der Waals surface area contributed by atoms with E-state index in [4.69, 9.17) is 5.11 Å². The fourth-order valence-corrected chi connectivity index (χ4v) is 0.558. The molecule has 0 aromatic heterocycles. The van der Waals surface area contributed by atoms with Gasteiger partial charge < -0.3 is 5.11 Å². The van der Waals surface area contributed by atoms with E-state index in [-0.39, 0.29) is 6.10 Å². The summed E-state index contributed by atoms with van der Waals surface area (Å²) in [5.41, 5.74) is 0. The fraction of sp³-hybridized carbons (Fsp3) is 0.714. The van der Waals surface area contributed by atoms with Crippen molar-refractivity contribution in [3.8, 4) is 0 Å². The van der Waals surface area contributed by atoms with E-state index in [1.165, 1.54) is 0 Å². The van der Waals surface area contributed by atoms with E-state index in [2.05, 4.69) is 6.58 Å². The van der Waals surface area contributed by atoms with E-state index in [1.54, 1.807) is 0 Å². The van der Waals surface area contributed by atoms with Gasteiger partial charge in [-0.05, 0) is 26.2 Å². The van der Waals surface area contributed by atoms with Crippen LogP contribution in [0.2, 0.25) is 0 Å². The summed E-state index contributed by atoms with van der Waals surface area (Å²) >= 11 is 0. The molecule has 0 aliphatic heterocycles. The second-order valence-corrected chi connectivity index (χ2v) is 2.07. The van der Waals surface area contributed by atoms with Crippen LogP contribution in [0.15, 0.2) is 12.7 Å². The number of unbranched alkanes of at least 4 members (excludes halogenated alkanes) is 1. The van der Waals surface area contributed by atoms with Crippen LogP contribution in [0.3, 0.4) is 0 Å². The molecule has 0 aliphatic rings. The van der Waals surface area contributed by atoms with Gasteiger partial charge >= 0.3 is 0 Å². The molecular formula is C7H14O. The SMILES string of the molecule is C=CCCC[C@@H](C)O. The largest absolute Gasteiger partial charge is 0.393 e. The van der Waals surface area contributed by atoms with Crippen molar-refractivity contribution in [1.82, 2.24) is 0 Å². The lowest BCUT2D eigenvalue weighted by Gasteiger charge is -1.98. The Balaban J connectivity index is 2.81. The average Bonchev–Trinajstić information content (AvgIpc) is 1.66. The molecule has 0 saturated carbocycles. The van der Waals surface area contributed by atoms with Gasteiger partial charge in [-0.15, -0.1) is 6.58 Å². The van der Waals surface area contributed by atoms with E-state index < -0.39 is 0 Å². The third-order valence-electron chi connectivity index (χ3n) is 1.03. The van der Waals surface area contributed by atoms with Gasteiger partial charge in [0.2, 0.25) is 0 Å². The highest BCUT2D eigenvalue weighted by Gasteiger charge is 1.91. The zero-order chi connectivity index (χ0) is 6.41. The number of rotatable bonds is 4. The topological polar surface area (TPSA) is 20.2 Å². The summed E-state index contributed by atoms with van der Waals surface area (Å²) in [7, 11) is 0. The molecule has 48 valence electrons. The molecule has 0 aliphatic carbocycles. The summed E-state index contributed by atoms with van der Waals surface area (Å²) in [5.74, 6) is 0. The summed E-state index contributed by atoms with van der Waals surface area (Å²) < 4.78 is 0. The van der Waals surface area contributed by atoms with Crippen LogP contribution in [0.1, 0.15) is 26.2 Å². The molecular weight excluding hydrogens is 100 g/mol. The van der Waals surface area contributed by atoms with Gasteiger partial charge in [0.05, 0.1) is 6.10 Å². The lowest BCUT2D eigenvalue weighted by molar-refractivity contribution is 0.182. The predicted molar refractivity (Wildman–Crippen MR) is 35.7 cm³/mol. The zero-order valence-corrected chi connectivity index (χ0v) is 5.43. The number of allylic oxidation sites excluding steroid dienone is 1. The van der Waals surface area contributed by atoms with Gasteiger partial charge in [-0.2, -0.15) is 0 Å². The number of hydrogen-bond donors (Lipinski definition) is 1. The molecule has 0 rings (SSSR count). The van der Waals surface area contributed by atoms with Crippen molar-refractivity contribution in [3.05, 3.63) is 12.7 Å². The maximum absolute atomic E-state index is 8.74. The summed E-state index contributed by atoms with van der Waals surface area (Å²) in [4.78, 5) is 0. The Morgan fingerprint density at radius 1 is 1.75 bits per heavy atom. The first kappa shape index (κ1) is 7.70. The number of aliphatic hydroxyl groups excluding tert-OH is 1. The molecule has 0 unspecified atom stereocenters. The average molecular weight is 114 g/mol. The van der Waals surface area contributed by atoms with Gasteiger partial charge in [0.25, 0.3) is 0 Å². The van der Waals surface area contributed by atoms with Crippen molar-refractivity contribution in [2.24, 2.45) is 0 Å². The molecule has 1 N–H and O–H groups in total. The van der Waals surface area contributed by atoms with Crippen molar-refractivity contribution < 1.29 is 5.11 Å². The predicted octanol–water partition coefficient (Wildman–Crippen LogP) is 1.72. The molecule has 0 fully saturated rings. The molecule has 0 aromatic carbocycles. The number of aliphatic hydroxyl groups is 1. The fourth-order valence-electron chi connectivity index (χ4n) is 0.558. The lowest BCUT2D eigenvalue weighted by Crippen LogP contribution is -1.97. The van der Waals surface area contributed by atoms with Crippen molar-refractivity contribution in [2.45, 2.75) is 32.3 Å². The van der Waals surface area contributed by atoms with E-state index in [0.717, 1.165) is 19.3 Å². The highest BCUT2D eigenvalue weighted by molar-refractivity contribution is 4.66. The van der Waals surface area contributed by atoms with Gasteiger partial charge in [0.15, 0.2) is 0 Å². The highest BCUT2D eigenvalue weighted by Crippen LogP contribution is 1.98. The van der Waals surface area contributed by atoms with Crippen LogP contribution in [0.25, 0.3) is 0 Å². The molecule has 0 radical (unpaired) electrons. The first-order valence-corrected chi connectivity index (χ1v) is 3.06. The first-order chi connectivity index (χ1) is 3.77. The van der Waals surface area contributed by atoms with Crippen LogP contribution < -0.4 is 0 Å². The molecule has 8 heavy (non-hydrogen) atoms. The minimum absolute atomic E-state index is 0.144. The molecule has 0 bridgehead atoms. The van der Waals surface area contributed by atoms with E-state index in [9.17, 15) is 0 Å². The van der Waals surface area contributed by atoms with E-state index in [0.29, 0.717) is 0 Å². The van der Waals surface area contributed by atoms with Gasteiger partial charge in [-0.25, -0.2) is 0 Å². The summed E-state index contributed by atoms with van der Waals surface area (Å²) in [5, 5.41) is 8.74. The van der Waals surface area contributed by atoms with Crippen molar-refractivity contribution in [3.63, 3.8) is 0 Å². The van der Waals surface area contributed by atoms with Crippen LogP contribution in [-0.4, -0.2) is 11.2 Å². The number of hydrogen-bond acceptors (Lipinski definition) is 1. The molecule has 0 aromatic rings. The molecule has 0 heterocycles. The summed E-state index contributed by atoms with van der Waals surface area (Å²) in [6.45, 7) is 5.38. The second kappa shape index (κ2) is 4.85. The standard InChI is InChI=1S/C7H14O/c1-3-4-5-6-7(2)8/h3,7-8H,1,4-6H2,2H3/t7-/m1/s1. The van der Waals surface area contributed by atoms with E-state index in [1.807, 2.05) is 13.0 Å². The Labute approximate surface area is 51.0 Å². The van der Waals surface area contributed by atoms with Gasteiger partial charge in [-0.3, -0.25) is 0 Å². The van der Waals surface area contributed by atoms with E-state index >= 15 is 0 Å². The maximum Gasteiger partial charge on any atom is 0.0512 e. The molecule has 1 nitrogen and oxygen atoms in total. The molecule has 0 amide bonds. The highest BCUT2D eigenvalue weighted by atomic mass is 16.3. The Morgan fingerprint density at radius 3 is 2.75 bits per heavy atom. The van der Waals surface area contributed by atoms with Crippen LogP contribution in [0, 0.1) is 0 Å². The van der Waals surface area contributed by atoms with Crippen molar-refractivity contribution in [1.29, 1.82) is 0 Å². The Hall–Kier alpha value is -0.300. The third kappa shape index (κ3) is 5.70. The molecule has 1 atom stereocenters. The van der Waals surface area contributed by atoms with Gasteiger partial charge in [0, 0.05) is 0 Å². The monoisotopic (exact) mass is 114 g/mol. The molecule has 0 saturated heterocycles. The lowest BCUT2D eigenvalue weighted by atomic mass is 10.2. The Morgan fingerprint density at radius 2 is 2.38 bits per heavy atom. The maximum atomic E-state index is 8.74.